The van der Waals surface area contributed by atoms with E-state index in [9.17, 15) is 14.4 Å². The van der Waals surface area contributed by atoms with E-state index in [1.807, 2.05) is 36.4 Å². The minimum Gasteiger partial charge on any atom is -0.493 e. The van der Waals surface area contributed by atoms with Crippen LogP contribution in [0.1, 0.15) is 80.1 Å². The highest BCUT2D eigenvalue weighted by Gasteiger charge is 2.25. The lowest BCUT2D eigenvalue weighted by atomic mass is 9.88. The van der Waals surface area contributed by atoms with Crippen molar-refractivity contribution in [2.75, 3.05) is 39.6 Å². The Balaban J connectivity index is 1.23. The summed E-state index contributed by atoms with van der Waals surface area (Å²) in [6, 6.07) is 15.0. The molecular formula is C40H52O10. The smallest absolute Gasteiger partial charge is 0.342 e. The van der Waals surface area contributed by atoms with E-state index in [1.54, 1.807) is 12.1 Å². The Hall–Kier alpha value is -4.15. The summed E-state index contributed by atoms with van der Waals surface area (Å²) in [5.74, 6) is 0.545. The number of carbonyl (C=O) groups is 3. The summed E-state index contributed by atoms with van der Waals surface area (Å²) >= 11 is 0. The molecule has 0 unspecified atom stereocenters. The highest BCUT2D eigenvalue weighted by molar-refractivity contribution is 5.93. The van der Waals surface area contributed by atoms with Gasteiger partial charge in [-0.15, -0.1) is 0 Å². The lowest BCUT2D eigenvalue weighted by Gasteiger charge is -2.29. The monoisotopic (exact) mass is 692 g/mol. The third-order valence-electron chi connectivity index (χ3n) is 9.04. The molecule has 0 N–H and O–H groups in total. The molecular weight excluding hydrogens is 640 g/mol. The van der Waals surface area contributed by atoms with Crippen molar-refractivity contribution in [3.05, 3.63) is 85.0 Å². The number of rotatable bonds is 21. The first-order valence-electron chi connectivity index (χ1n) is 17.9. The average molecular weight is 693 g/mol. The SMILES string of the molecule is C=CC(=O)OCCCOC1CCC(COc2ccc(OCC3CCC(OCCCOC(=O)C=C)CC3)c(C(=O)OCc3ccccc3)c2)CC1. The fourth-order valence-corrected chi connectivity index (χ4v) is 6.12. The van der Waals surface area contributed by atoms with Gasteiger partial charge >= 0.3 is 17.9 Å². The average Bonchev–Trinajstić information content (AvgIpc) is 3.16. The molecule has 0 spiro atoms. The maximum atomic E-state index is 13.4. The summed E-state index contributed by atoms with van der Waals surface area (Å²) in [5.41, 5.74) is 1.26. The van der Waals surface area contributed by atoms with Gasteiger partial charge in [0.05, 0.1) is 51.8 Å². The molecule has 2 aromatic carbocycles. The van der Waals surface area contributed by atoms with E-state index in [4.69, 9.17) is 33.2 Å². The predicted molar refractivity (Wildman–Crippen MR) is 188 cm³/mol. The summed E-state index contributed by atoms with van der Waals surface area (Å²) in [6.07, 6.45) is 11.7. The lowest BCUT2D eigenvalue weighted by molar-refractivity contribution is -0.139. The first-order valence-corrected chi connectivity index (χ1v) is 17.9. The van der Waals surface area contributed by atoms with Crippen molar-refractivity contribution >= 4 is 17.9 Å². The van der Waals surface area contributed by atoms with E-state index >= 15 is 0 Å². The maximum Gasteiger partial charge on any atom is 0.342 e. The molecule has 10 nitrogen and oxygen atoms in total. The molecule has 0 aliphatic heterocycles. The van der Waals surface area contributed by atoms with E-state index in [0.29, 0.717) is 81.4 Å². The number of benzene rings is 2. The third kappa shape index (κ3) is 14.0. The van der Waals surface area contributed by atoms with Gasteiger partial charge in [0.1, 0.15) is 23.7 Å². The Kier molecular flexibility index (Phi) is 16.9. The topological polar surface area (TPSA) is 116 Å². The van der Waals surface area contributed by atoms with Gasteiger partial charge in [-0.05, 0) is 87.0 Å². The van der Waals surface area contributed by atoms with E-state index in [0.717, 1.165) is 69.1 Å². The van der Waals surface area contributed by atoms with Crippen LogP contribution in [0.25, 0.3) is 0 Å². The van der Waals surface area contributed by atoms with Crippen LogP contribution in [0, 0.1) is 11.8 Å². The van der Waals surface area contributed by atoms with Crippen molar-refractivity contribution in [1.29, 1.82) is 0 Å². The molecule has 272 valence electrons. The van der Waals surface area contributed by atoms with Crippen LogP contribution in [0.5, 0.6) is 11.5 Å². The molecule has 0 bridgehead atoms. The van der Waals surface area contributed by atoms with Gasteiger partial charge in [0.2, 0.25) is 0 Å². The molecule has 50 heavy (non-hydrogen) atoms. The number of carbonyl (C=O) groups excluding carboxylic acids is 3. The van der Waals surface area contributed by atoms with Crippen LogP contribution in [-0.2, 0) is 39.9 Å². The number of esters is 3. The number of hydrogen-bond donors (Lipinski definition) is 0. The van der Waals surface area contributed by atoms with Crippen LogP contribution < -0.4 is 9.47 Å². The van der Waals surface area contributed by atoms with Gasteiger partial charge in [0, 0.05) is 25.0 Å². The van der Waals surface area contributed by atoms with Crippen LogP contribution >= 0.6 is 0 Å². The minimum absolute atomic E-state index is 0.163. The van der Waals surface area contributed by atoms with Crippen molar-refractivity contribution in [3.8, 4) is 11.5 Å². The highest BCUT2D eigenvalue weighted by atomic mass is 16.5. The number of hydrogen-bond acceptors (Lipinski definition) is 10. The van der Waals surface area contributed by atoms with Crippen molar-refractivity contribution in [2.45, 2.75) is 83.0 Å². The van der Waals surface area contributed by atoms with Gasteiger partial charge in [-0.3, -0.25) is 0 Å². The Morgan fingerprint density at radius 3 is 1.72 bits per heavy atom. The summed E-state index contributed by atoms with van der Waals surface area (Å²) in [6.45, 7) is 9.75. The van der Waals surface area contributed by atoms with Crippen LogP contribution in [0.3, 0.4) is 0 Å². The lowest BCUT2D eigenvalue weighted by Crippen LogP contribution is -2.26. The molecule has 10 heteroatoms. The second kappa shape index (κ2) is 21.8. The Morgan fingerprint density at radius 1 is 0.640 bits per heavy atom. The second-order valence-corrected chi connectivity index (χ2v) is 12.8. The van der Waals surface area contributed by atoms with Crippen molar-refractivity contribution < 1.29 is 47.5 Å². The molecule has 4 rings (SSSR count). The molecule has 2 aliphatic rings. The molecule has 0 saturated heterocycles. The van der Waals surface area contributed by atoms with E-state index < -0.39 is 17.9 Å². The van der Waals surface area contributed by atoms with Gasteiger partial charge in [-0.25, -0.2) is 14.4 Å². The van der Waals surface area contributed by atoms with Crippen molar-refractivity contribution in [2.24, 2.45) is 11.8 Å². The minimum atomic E-state index is -0.456. The van der Waals surface area contributed by atoms with Gasteiger partial charge < -0.3 is 33.2 Å². The van der Waals surface area contributed by atoms with Crippen molar-refractivity contribution in [1.82, 2.24) is 0 Å². The number of ether oxygens (including phenoxy) is 7. The first-order chi connectivity index (χ1) is 24.4. The standard InChI is InChI=1S/C40H52O10/c1-3-38(41)46-24-8-22-44-33-16-12-31(13-17-33)27-48-35-20-21-37(36(26-35)40(43)50-29-30-10-6-5-7-11-30)49-28-32-14-18-34(19-15-32)45-23-9-25-47-39(42)4-2/h3-7,10-11,20-21,26,31-34H,1-2,8-9,12-19,22-25,27-29H2. The largest absolute Gasteiger partial charge is 0.493 e. The molecule has 2 aliphatic carbocycles. The third-order valence-corrected chi connectivity index (χ3v) is 9.04. The van der Waals surface area contributed by atoms with Gasteiger partial charge in [0.15, 0.2) is 0 Å². The molecule has 2 saturated carbocycles. The molecule has 2 fully saturated rings. The molecule has 0 atom stereocenters. The zero-order valence-corrected chi connectivity index (χ0v) is 29.1. The molecule has 0 radical (unpaired) electrons. The second-order valence-electron chi connectivity index (χ2n) is 12.8. The van der Waals surface area contributed by atoms with Gasteiger partial charge in [0.25, 0.3) is 0 Å². The molecule has 0 aromatic heterocycles. The molecule has 0 heterocycles. The first kappa shape index (κ1) is 38.6. The van der Waals surface area contributed by atoms with Crippen LogP contribution in [0.2, 0.25) is 0 Å². The Morgan fingerprint density at radius 2 is 1.18 bits per heavy atom. The quantitative estimate of drug-likeness (QED) is 0.0576. The highest BCUT2D eigenvalue weighted by Crippen LogP contribution is 2.32. The van der Waals surface area contributed by atoms with Gasteiger partial charge in [-0.1, -0.05) is 43.5 Å². The summed E-state index contributed by atoms with van der Waals surface area (Å²) < 4.78 is 40.1. The van der Waals surface area contributed by atoms with E-state index in [-0.39, 0.29) is 18.8 Å². The van der Waals surface area contributed by atoms with E-state index in [2.05, 4.69) is 13.2 Å². The summed E-state index contributed by atoms with van der Waals surface area (Å²) in [7, 11) is 0. The fourth-order valence-electron chi connectivity index (χ4n) is 6.12. The van der Waals surface area contributed by atoms with Crippen LogP contribution in [0.4, 0.5) is 0 Å². The summed E-state index contributed by atoms with van der Waals surface area (Å²) in [4.78, 5) is 35.7. The van der Waals surface area contributed by atoms with Gasteiger partial charge in [-0.2, -0.15) is 0 Å². The normalized spacial score (nSPS) is 20.2. The zero-order chi connectivity index (χ0) is 35.4. The zero-order valence-electron chi connectivity index (χ0n) is 29.1. The van der Waals surface area contributed by atoms with Crippen molar-refractivity contribution in [3.63, 3.8) is 0 Å². The van der Waals surface area contributed by atoms with Crippen LogP contribution in [0.15, 0.2) is 73.8 Å². The Labute approximate surface area is 296 Å². The van der Waals surface area contributed by atoms with E-state index in [1.165, 1.54) is 0 Å². The predicted octanol–water partition coefficient (Wildman–Crippen LogP) is 7.19. The maximum absolute atomic E-state index is 13.4. The fraction of sp³-hybridized carbons (Fsp3) is 0.525. The molecule has 0 amide bonds. The summed E-state index contributed by atoms with van der Waals surface area (Å²) in [5, 5.41) is 0. The molecule has 2 aromatic rings. The van der Waals surface area contributed by atoms with Crippen LogP contribution in [-0.4, -0.2) is 69.8 Å². The Bertz CT molecular complexity index is 1340.